The van der Waals surface area contributed by atoms with Crippen LogP contribution in [-0.2, 0) is 0 Å². The van der Waals surface area contributed by atoms with E-state index in [-0.39, 0.29) is 23.5 Å². The molecule has 1 saturated heterocycles. The summed E-state index contributed by atoms with van der Waals surface area (Å²) in [6, 6.07) is 5.83. The van der Waals surface area contributed by atoms with Crippen LogP contribution in [0.3, 0.4) is 0 Å². The monoisotopic (exact) mass is 274 g/mol. The zero-order valence-corrected chi connectivity index (χ0v) is 10.8. The number of nitrogens with zero attached hydrogens (tertiary/aromatic N) is 2. The number of carbonyl (C=O) groups excluding carboxylic acids is 1. The van der Waals surface area contributed by atoms with Crippen LogP contribution in [-0.4, -0.2) is 41.0 Å². The molecule has 2 heterocycles. The molecule has 0 saturated carbocycles. The van der Waals surface area contributed by atoms with Crippen LogP contribution < -0.4 is 11.5 Å². The summed E-state index contributed by atoms with van der Waals surface area (Å²) in [6.45, 7) is 0.791. The third kappa shape index (κ3) is 2.13. The van der Waals surface area contributed by atoms with Crippen LogP contribution >= 0.6 is 0 Å². The molecule has 2 atom stereocenters. The number of hydrogen-bond acceptors (Lipinski definition) is 4. The van der Waals surface area contributed by atoms with Crippen LogP contribution in [0.2, 0.25) is 0 Å². The average Bonchev–Trinajstić information content (AvgIpc) is 2.78. The Morgan fingerprint density at radius 1 is 1.30 bits per heavy atom. The molecule has 5 nitrogen and oxygen atoms in total. The predicted molar refractivity (Wildman–Crippen MR) is 73.6 cm³/mol. The van der Waals surface area contributed by atoms with Crippen molar-refractivity contribution in [1.82, 2.24) is 9.88 Å². The molecule has 20 heavy (non-hydrogen) atoms. The SMILES string of the molecule is N[C@@H]1CN(C(=O)c2cc(F)c3ncccc3c2)C[C@H]1N. The number of pyridine rings is 1. The van der Waals surface area contributed by atoms with Gasteiger partial charge in [0.25, 0.3) is 5.91 Å². The van der Waals surface area contributed by atoms with Crippen molar-refractivity contribution >= 4 is 16.8 Å². The number of nitrogens with two attached hydrogens (primary N) is 2. The Morgan fingerprint density at radius 2 is 2.00 bits per heavy atom. The molecule has 0 spiro atoms. The highest BCUT2D eigenvalue weighted by atomic mass is 19.1. The van der Waals surface area contributed by atoms with Crippen molar-refractivity contribution in [2.24, 2.45) is 11.5 Å². The largest absolute Gasteiger partial charge is 0.335 e. The fourth-order valence-electron chi connectivity index (χ4n) is 2.47. The van der Waals surface area contributed by atoms with E-state index in [2.05, 4.69) is 4.98 Å². The second kappa shape index (κ2) is 4.81. The number of aromatic nitrogens is 1. The first-order chi connectivity index (χ1) is 9.56. The van der Waals surface area contributed by atoms with Gasteiger partial charge in [-0.3, -0.25) is 9.78 Å². The molecule has 1 amide bonds. The van der Waals surface area contributed by atoms with Gasteiger partial charge in [0, 0.05) is 42.3 Å². The maximum atomic E-state index is 14.0. The van der Waals surface area contributed by atoms with Crippen LogP contribution in [0.25, 0.3) is 10.9 Å². The van der Waals surface area contributed by atoms with E-state index in [9.17, 15) is 9.18 Å². The Labute approximate surface area is 115 Å². The van der Waals surface area contributed by atoms with Gasteiger partial charge < -0.3 is 16.4 Å². The molecular formula is C14H15FN4O. The fraction of sp³-hybridized carbons (Fsp3) is 0.286. The normalized spacial score (nSPS) is 22.4. The average molecular weight is 274 g/mol. The molecule has 0 aliphatic carbocycles. The van der Waals surface area contributed by atoms with Gasteiger partial charge >= 0.3 is 0 Å². The first-order valence-electron chi connectivity index (χ1n) is 6.41. The Bertz CT molecular complexity index is 665. The summed E-state index contributed by atoms with van der Waals surface area (Å²) in [4.78, 5) is 17.9. The quantitative estimate of drug-likeness (QED) is 0.792. The molecule has 1 fully saturated rings. The fourth-order valence-corrected chi connectivity index (χ4v) is 2.47. The molecule has 3 rings (SSSR count). The van der Waals surface area contributed by atoms with E-state index in [4.69, 9.17) is 11.5 Å². The van der Waals surface area contributed by atoms with Gasteiger partial charge in [0.2, 0.25) is 0 Å². The molecule has 6 heteroatoms. The number of fused-ring (bicyclic) bond motifs is 1. The smallest absolute Gasteiger partial charge is 0.254 e. The molecule has 1 aliphatic heterocycles. The van der Waals surface area contributed by atoms with Crippen LogP contribution in [0.5, 0.6) is 0 Å². The number of likely N-dealkylation sites (tertiary alicyclic amines) is 1. The number of benzene rings is 1. The Balaban J connectivity index is 1.96. The van der Waals surface area contributed by atoms with Crippen molar-refractivity contribution in [2.75, 3.05) is 13.1 Å². The van der Waals surface area contributed by atoms with Crippen molar-refractivity contribution < 1.29 is 9.18 Å². The standard InChI is InChI=1S/C14H15FN4O/c15-10-5-9(4-8-2-1-3-18-13(8)10)14(20)19-6-11(16)12(17)7-19/h1-5,11-12H,6-7,16-17H2/t11-,12-/m1/s1. The summed E-state index contributed by atoms with van der Waals surface area (Å²) in [5, 5.41) is 0.601. The number of hydrogen-bond donors (Lipinski definition) is 2. The van der Waals surface area contributed by atoms with Crippen molar-refractivity contribution in [2.45, 2.75) is 12.1 Å². The van der Waals surface area contributed by atoms with E-state index >= 15 is 0 Å². The van der Waals surface area contributed by atoms with Gasteiger partial charge in [-0.1, -0.05) is 6.07 Å². The minimum absolute atomic E-state index is 0.231. The Kier molecular flexibility index (Phi) is 3.11. The van der Waals surface area contributed by atoms with Gasteiger partial charge in [0.05, 0.1) is 0 Å². The third-order valence-corrected chi connectivity index (χ3v) is 3.60. The highest BCUT2D eigenvalue weighted by Gasteiger charge is 2.31. The van der Waals surface area contributed by atoms with Gasteiger partial charge in [-0.25, -0.2) is 4.39 Å². The van der Waals surface area contributed by atoms with Crippen molar-refractivity contribution in [1.29, 1.82) is 0 Å². The summed E-state index contributed by atoms with van der Waals surface area (Å²) in [7, 11) is 0. The van der Waals surface area contributed by atoms with Gasteiger partial charge in [-0.15, -0.1) is 0 Å². The third-order valence-electron chi connectivity index (χ3n) is 3.60. The highest BCUT2D eigenvalue weighted by molar-refractivity contribution is 5.98. The molecule has 104 valence electrons. The van der Waals surface area contributed by atoms with Gasteiger partial charge in [0.1, 0.15) is 11.3 Å². The van der Waals surface area contributed by atoms with E-state index in [0.717, 1.165) is 0 Å². The molecule has 0 unspecified atom stereocenters. The van der Waals surface area contributed by atoms with Crippen molar-refractivity contribution in [3.05, 3.63) is 41.8 Å². The number of carbonyl (C=O) groups is 1. The minimum atomic E-state index is -0.501. The molecule has 4 N–H and O–H groups in total. The second-order valence-corrected chi connectivity index (χ2v) is 5.07. The van der Waals surface area contributed by atoms with E-state index < -0.39 is 5.82 Å². The summed E-state index contributed by atoms with van der Waals surface area (Å²) >= 11 is 0. The van der Waals surface area contributed by atoms with Crippen molar-refractivity contribution in [3.63, 3.8) is 0 Å². The van der Waals surface area contributed by atoms with Gasteiger partial charge in [0.15, 0.2) is 0 Å². The Morgan fingerprint density at radius 3 is 2.70 bits per heavy atom. The lowest BCUT2D eigenvalue weighted by molar-refractivity contribution is 0.0789. The first-order valence-corrected chi connectivity index (χ1v) is 6.41. The topological polar surface area (TPSA) is 85.2 Å². The molecule has 1 aromatic heterocycles. The zero-order valence-electron chi connectivity index (χ0n) is 10.8. The van der Waals surface area contributed by atoms with Gasteiger partial charge in [-0.05, 0) is 18.2 Å². The van der Waals surface area contributed by atoms with E-state index in [1.165, 1.54) is 12.3 Å². The Hall–Kier alpha value is -2.05. The lowest BCUT2D eigenvalue weighted by atomic mass is 10.1. The van der Waals surface area contributed by atoms with Crippen molar-refractivity contribution in [3.8, 4) is 0 Å². The van der Waals surface area contributed by atoms with E-state index in [1.54, 1.807) is 23.1 Å². The maximum absolute atomic E-state index is 14.0. The lowest BCUT2D eigenvalue weighted by Crippen LogP contribution is -2.39. The van der Waals surface area contributed by atoms with Crippen LogP contribution in [0.1, 0.15) is 10.4 Å². The molecule has 0 bridgehead atoms. The van der Waals surface area contributed by atoms with Crippen LogP contribution in [0.15, 0.2) is 30.5 Å². The number of amides is 1. The molecule has 1 aromatic carbocycles. The minimum Gasteiger partial charge on any atom is -0.335 e. The maximum Gasteiger partial charge on any atom is 0.254 e. The summed E-state index contributed by atoms with van der Waals surface area (Å²) in [5.41, 5.74) is 12.2. The van der Waals surface area contributed by atoms with Crippen LogP contribution in [0.4, 0.5) is 4.39 Å². The molecule has 0 radical (unpaired) electrons. The van der Waals surface area contributed by atoms with Crippen LogP contribution in [0, 0.1) is 5.82 Å². The predicted octanol–water partition coefficient (Wildman–Crippen LogP) is 0.484. The molecule has 2 aromatic rings. The van der Waals surface area contributed by atoms with E-state index in [1.807, 2.05) is 0 Å². The zero-order chi connectivity index (χ0) is 14.3. The number of halogens is 1. The summed E-state index contributed by atoms with van der Waals surface area (Å²) < 4.78 is 14.0. The lowest BCUT2D eigenvalue weighted by Gasteiger charge is -2.16. The molecular weight excluding hydrogens is 259 g/mol. The summed E-state index contributed by atoms with van der Waals surface area (Å²) in [5.74, 6) is -0.753. The number of rotatable bonds is 1. The second-order valence-electron chi connectivity index (χ2n) is 5.07. The van der Waals surface area contributed by atoms with E-state index in [0.29, 0.717) is 24.0 Å². The first kappa shape index (κ1) is 13.0. The van der Waals surface area contributed by atoms with Gasteiger partial charge in [-0.2, -0.15) is 0 Å². The molecule has 1 aliphatic rings. The summed E-state index contributed by atoms with van der Waals surface area (Å²) in [6.07, 6.45) is 1.52. The highest BCUT2D eigenvalue weighted by Crippen LogP contribution is 2.20.